The number of hydrogen-bond acceptors (Lipinski definition) is 5. The van der Waals surface area contributed by atoms with Gasteiger partial charge in [-0.15, -0.1) is 0 Å². The molecular weight excluding hydrogens is 368 g/mol. The normalized spacial score (nSPS) is 14.6. The van der Waals surface area contributed by atoms with Crippen molar-refractivity contribution < 1.29 is 4.42 Å². The molecule has 4 aromatic heterocycles. The van der Waals surface area contributed by atoms with Crippen molar-refractivity contribution in [1.29, 1.82) is 0 Å². The molecule has 8 nitrogen and oxygen atoms in total. The zero-order valence-electron chi connectivity index (χ0n) is 16.9. The van der Waals surface area contributed by atoms with Gasteiger partial charge in [0.05, 0.1) is 23.8 Å². The first-order chi connectivity index (χ1) is 14.0. The Morgan fingerprint density at radius 3 is 2.90 bits per heavy atom. The summed E-state index contributed by atoms with van der Waals surface area (Å²) in [6.07, 6.45) is 4.30. The van der Waals surface area contributed by atoms with E-state index in [4.69, 9.17) is 9.40 Å². The minimum Gasteiger partial charge on any atom is -0.469 e. The number of fused-ring (bicyclic) bond motifs is 2. The van der Waals surface area contributed by atoms with Crippen LogP contribution in [-0.2, 0) is 26.1 Å². The van der Waals surface area contributed by atoms with Gasteiger partial charge in [-0.25, -0.2) is 9.50 Å². The molecule has 1 N–H and O–H groups in total. The lowest BCUT2D eigenvalue weighted by Crippen LogP contribution is -2.36. The van der Waals surface area contributed by atoms with Crippen molar-refractivity contribution in [2.45, 2.75) is 46.8 Å². The summed E-state index contributed by atoms with van der Waals surface area (Å²) >= 11 is 0. The Hall–Kier alpha value is -3.13. The first-order valence-electron chi connectivity index (χ1n) is 9.96. The molecule has 0 atom stereocenters. The van der Waals surface area contributed by atoms with Gasteiger partial charge in [-0.05, 0) is 33.3 Å². The van der Waals surface area contributed by atoms with Crippen molar-refractivity contribution in [2.24, 2.45) is 0 Å². The van der Waals surface area contributed by atoms with E-state index >= 15 is 0 Å². The number of nitrogens with one attached hydrogen (secondary N) is 1. The van der Waals surface area contributed by atoms with Crippen LogP contribution in [0.15, 0.2) is 33.8 Å². The number of aromatic amines is 1. The Balaban J connectivity index is 1.47. The minimum atomic E-state index is -0.00738. The van der Waals surface area contributed by atoms with E-state index in [0.717, 1.165) is 47.9 Å². The molecule has 4 aromatic rings. The van der Waals surface area contributed by atoms with E-state index in [2.05, 4.69) is 28.9 Å². The molecule has 0 saturated carbocycles. The van der Waals surface area contributed by atoms with Gasteiger partial charge in [0.15, 0.2) is 5.65 Å². The molecule has 1 aliphatic heterocycles. The third-order valence-corrected chi connectivity index (χ3v) is 5.89. The number of rotatable bonds is 4. The topological polar surface area (TPSA) is 84.4 Å². The van der Waals surface area contributed by atoms with Gasteiger partial charge in [-0.3, -0.25) is 19.5 Å². The molecule has 0 amide bonds. The number of nitrogens with zero attached hydrogens (tertiary/aromatic N) is 5. The molecule has 0 aromatic carbocycles. The zero-order valence-corrected chi connectivity index (χ0v) is 16.9. The van der Waals surface area contributed by atoms with E-state index in [1.54, 1.807) is 10.8 Å². The fourth-order valence-corrected chi connectivity index (χ4v) is 4.19. The third-order valence-electron chi connectivity index (χ3n) is 5.89. The highest BCUT2D eigenvalue weighted by atomic mass is 16.3. The third kappa shape index (κ3) is 2.91. The smallest absolute Gasteiger partial charge is 0.276 e. The van der Waals surface area contributed by atoms with Gasteiger partial charge in [0, 0.05) is 54.6 Å². The highest BCUT2D eigenvalue weighted by Gasteiger charge is 2.23. The standard InChI is InChI=1S/C21H24N6O2/c1-4-26-13(2)15(10-22-26)11-25-7-5-17-19(12-25)23-20-9-18(24-27(20)21(17)28)16-6-8-29-14(16)3/h6,8-10,24H,4-5,7,11-12H2,1-3H3. The molecule has 0 aliphatic carbocycles. The molecule has 29 heavy (non-hydrogen) atoms. The molecule has 5 rings (SSSR count). The van der Waals surface area contributed by atoms with Crippen LogP contribution in [0.5, 0.6) is 0 Å². The number of hydrogen-bond donors (Lipinski definition) is 1. The van der Waals surface area contributed by atoms with Gasteiger partial charge in [-0.2, -0.15) is 5.10 Å². The lowest BCUT2D eigenvalue weighted by atomic mass is 10.1. The summed E-state index contributed by atoms with van der Waals surface area (Å²) in [5.41, 5.74) is 6.52. The fourth-order valence-electron chi connectivity index (χ4n) is 4.19. The fraction of sp³-hybridized carbons (Fsp3) is 0.381. The highest BCUT2D eigenvalue weighted by Crippen LogP contribution is 2.24. The van der Waals surface area contributed by atoms with Gasteiger partial charge >= 0.3 is 0 Å². The Kier molecular flexibility index (Phi) is 4.16. The van der Waals surface area contributed by atoms with Gasteiger partial charge in [0.1, 0.15) is 5.76 Å². The summed E-state index contributed by atoms with van der Waals surface area (Å²) in [7, 11) is 0. The maximum Gasteiger partial charge on any atom is 0.276 e. The van der Waals surface area contributed by atoms with E-state index < -0.39 is 0 Å². The van der Waals surface area contributed by atoms with Crippen LogP contribution in [0, 0.1) is 13.8 Å². The number of furan rings is 1. The molecule has 0 radical (unpaired) electrons. The van der Waals surface area contributed by atoms with E-state index in [0.29, 0.717) is 18.6 Å². The second-order valence-corrected chi connectivity index (χ2v) is 7.63. The summed E-state index contributed by atoms with van der Waals surface area (Å²) in [6, 6.07) is 3.80. The predicted molar refractivity (Wildman–Crippen MR) is 109 cm³/mol. The minimum absolute atomic E-state index is 0.00738. The van der Waals surface area contributed by atoms with Gasteiger partial charge < -0.3 is 4.42 Å². The average molecular weight is 392 g/mol. The predicted octanol–water partition coefficient (Wildman–Crippen LogP) is 2.67. The molecule has 150 valence electrons. The summed E-state index contributed by atoms with van der Waals surface area (Å²) in [5.74, 6) is 0.809. The Labute approximate surface area is 167 Å². The summed E-state index contributed by atoms with van der Waals surface area (Å²) in [5, 5.41) is 7.62. The largest absolute Gasteiger partial charge is 0.469 e. The van der Waals surface area contributed by atoms with Crippen molar-refractivity contribution in [1.82, 2.24) is 29.3 Å². The van der Waals surface area contributed by atoms with E-state index in [1.807, 2.05) is 29.9 Å². The van der Waals surface area contributed by atoms with Crippen molar-refractivity contribution in [3.63, 3.8) is 0 Å². The van der Waals surface area contributed by atoms with Gasteiger partial charge in [0.2, 0.25) is 0 Å². The average Bonchev–Trinajstić information content (AvgIpc) is 3.41. The molecule has 5 heterocycles. The van der Waals surface area contributed by atoms with Crippen molar-refractivity contribution in [3.8, 4) is 11.3 Å². The monoisotopic (exact) mass is 392 g/mol. The van der Waals surface area contributed by atoms with Crippen LogP contribution in [0.1, 0.15) is 35.2 Å². The summed E-state index contributed by atoms with van der Waals surface area (Å²) in [4.78, 5) is 20.2. The van der Waals surface area contributed by atoms with E-state index in [9.17, 15) is 4.79 Å². The van der Waals surface area contributed by atoms with Gasteiger partial charge in [0.25, 0.3) is 5.56 Å². The maximum absolute atomic E-state index is 13.0. The molecule has 0 fully saturated rings. The SMILES string of the molecule is CCn1ncc(CN2CCc3c(nc4cc(-c5ccoc5C)[nH]n4c3=O)C2)c1C. The van der Waals surface area contributed by atoms with Gasteiger partial charge in [-0.1, -0.05) is 0 Å². The number of H-pyrrole nitrogens is 1. The zero-order chi connectivity index (χ0) is 20.1. The molecule has 0 unspecified atom stereocenters. The van der Waals surface area contributed by atoms with Crippen LogP contribution < -0.4 is 5.56 Å². The van der Waals surface area contributed by atoms with Crippen LogP contribution in [0.2, 0.25) is 0 Å². The first kappa shape index (κ1) is 17.9. The lowest BCUT2D eigenvalue weighted by molar-refractivity contribution is 0.240. The molecule has 0 bridgehead atoms. The maximum atomic E-state index is 13.0. The van der Waals surface area contributed by atoms with Crippen LogP contribution in [0.25, 0.3) is 16.9 Å². The van der Waals surface area contributed by atoms with Crippen molar-refractivity contribution >= 4 is 5.65 Å². The van der Waals surface area contributed by atoms with E-state index in [1.165, 1.54) is 11.3 Å². The second kappa shape index (κ2) is 6.73. The molecule has 8 heteroatoms. The van der Waals surface area contributed by atoms with Crippen molar-refractivity contribution in [3.05, 3.63) is 63.2 Å². The molecular formula is C21H24N6O2. The van der Waals surface area contributed by atoms with Crippen molar-refractivity contribution in [2.75, 3.05) is 6.54 Å². The van der Waals surface area contributed by atoms with Crippen LogP contribution in [0.3, 0.4) is 0 Å². The van der Waals surface area contributed by atoms with Crippen LogP contribution in [-0.4, -0.2) is 35.8 Å². The Morgan fingerprint density at radius 1 is 1.31 bits per heavy atom. The number of aryl methyl sites for hydroxylation is 2. The number of aromatic nitrogens is 5. The molecule has 0 saturated heterocycles. The molecule has 0 spiro atoms. The second-order valence-electron chi connectivity index (χ2n) is 7.63. The summed E-state index contributed by atoms with van der Waals surface area (Å²) < 4.78 is 8.96. The quantitative estimate of drug-likeness (QED) is 0.577. The van der Waals surface area contributed by atoms with Crippen LogP contribution in [0.4, 0.5) is 0 Å². The Morgan fingerprint density at radius 2 is 2.17 bits per heavy atom. The van der Waals surface area contributed by atoms with Crippen LogP contribution >= 0.6 is 0 Å². The highest BCUT2D eigenvalue weighted by molar-refractivity contribution is 5.65. The summed E-state index contributed by atoms with van der Waals surface area (Å²) in [6.45, 7) is 9.31. The van der Waals surface area contributed by atoms with E-state index in [-0.39, 0.29) is 5.56 Å². The first-order valence-corrected chi connectivity index (χ1v) is 9.96. The Bertz CT molecular complexity index is 1260. The lowest BCUT2D eigenvalue weighted by Gasteiger charge is -2.27. The molecule has 1 aliphatic rings.